The van der Waals surface area contributed by atoms with Gasteiger partial charge in [0.25, 0.3) is 0 Å². The molecule has 1 aliphatic heterocycles. The van der Waals surface area contributed by atoms with E-state index in [-0.39, 0.29) is 10.9 Å². The van der Waals surface area contributed by atoms with Crippen molar-refractivity contribution in [2.75, 3.05) is 25.0 Å². The van der Waals surface area contributed by atoms with Crippen LogP contribution in [0, 0.1) is 11.3 Å². The maximum atomic E-state index is 12.4. The minimum absolute atomic E-state index is 0.0249. The van der Waals surface area contributed by atoms with Crippen LogP contribution < -0.4 is 5.32 Å². The Labute approximate surface area is 182 Å². The van der Waals surface area contributed by atoms with Crippen molar-refractivity contribution in [3.63, 3.8) is 0 Å². The number of anilines is 1. The molecule has 0 aliphatic carbocycles. The number of hydrogen-bond acceptors (Lipinski definition) is 4. The highest BCUT2D eigenvalue weighted by Crippen LogP contribution is 2.37. The molecule has 1 amide bonds. The molecule has 29 heavy (non-hydrogen) atoms. The Hall–Kier alpha value is -0.953. The summed E-state index contributed by atoms with van der Waals surface area (Å²) < 4.78 is 6.43. The number of amides is 1. The van der Waals surface area contributed by atoms with Crippen LogP contribution in [-0.4, -0.2) is 43.8 Å². The molecule has 1 atom stereocenters. The van der Waals surface area contributed by atoms with Gasteiger partial charge >= 0.3 is 0 Å². The molecule has 0 radical (unpaired) electrons. The summed E-state index contributed by atoms with van der Waals surface area (Å²) >= 11 is 6.40. The van der Waals surface area contributed by atoms with Crippen LogP contribution in [0.15, 0.2) is 12.3 Å². The molecule has 0 spiro atoms. The summed E-state index contributed by atoms with van der Waals surface area (Å²) in [6, 6.07) is 1.83. The van der Waals surface area contributed by atoms with E-state index in [1.807, 2.05) is 26.8 Å². The van der Waals surface area contributed by atoms with Crippen LogP contribution in [0.4, 0.5) is 5.69 Å². The van der Waals surface area contributed by atoms with Gasteiger partial charge in [0, 0.05) is 42.6 Å². The van der Waals surface area contributed by atoms with Gasteiger partial charge in [-0.3, -0.25) is 9.69 Å². The van der Waals surface area contributed by atoms with Gasteiger partial charge in [-0.1, -0.05) is 53.1 Å². The van der Waals surface area contributed by atoms with Crippen molar-refractivity contribution in [3.05, 3.63) is 23.0 Å². The number of carbonyl (C=O) groups excluding carboxylic acids is 1. The number of hydrogen-bond donors (Lipinski definition) is 1. The van der Waals surface area contributed by atoms with Gasteiger partial charge in [-0.2, -0.15) is 0 Å². The number of likely N-dealkylation sites (tertiary alicyclic amines) is 1. The van der Waals surface area contributed by atoms with Crippen LogP contribution in [0.1, 0.15) is 53.5 Å². The van der Waals surface area contributed by atoms with Gasteiger partial charge in [-0.25, -0.2) is 4.98 Å². The van der Waals surface area contributed by atoms with Crippen LogP contribution in [0.2, 0.25) is 23.3 Å². The van der Waals surface area contributed by atoms with E-state index in [0.717, 1.165) is 37.4 Å². The van der Waals surface area contributed by atoms with Gasteiger partial charge in [0.15, 0.2) is 8.32 Å². The number of nitrogens with zero attached hydrogens (tertiary/aromatic N) is 2. The van der Waals surface area contributed by atoms with E-state index in [1.54, 1.807) is 6.20 Å². The van der Waals surface area contributed by atoms with Crippen molar-refractivity contribution in [1.29, 1.82) is 0 Å². The molecule has 1 fully saturated rings. The smallest absolute Gasteiger partial charge is 0.229 e. The second-order valence-electron chi connectivity index (χ2n) is 10.8. The summed E-state index contributed by atoms with van der Waals surface area (Å²) in [6.07, 6.45) is 2.76. The Morgan fingerprint density at radius 1 is 1.31 bits per heavy atom. The lowest BCUT2D eigenvalue weighted by Crippen LogP contribution is -2.42. The highest BCUT2D eigenvalue weighted by Gasteiger charge is 2.38. The molecule has 5 nitrogen and oxygen atoms in total. The highest BCUT2D eigenvalue weighted by atomic mass is 35.5. The van der Waals surface area contributed by atoms with Crippen LogP contribution in [0.3, 0.4) is 0 Å². The van der Waals surface area contributed by atoms with E-state index in [2.05, 4.69) is 49.1 Å². The fourth-order valence-electron chi connectivity index (χ4n) is 3.00. The highest BCUT2D eigenvalue weighted by molar-refractivity contribution is 6.74. The molecular weight excluding hydrogens is 402 g/mol. The first-order valence-corrected chi connectivity index (χ1v) is 13.8. The van der Waals surface area contributed by atoms with Gasteiger partial charge in [-0.05, 0) is 43.1 Å². The quantitative estimate of drug-likeness (QED) is 0.465. The molecule has 0 saturated carbocycles. The van der Waals surface area contributed by atoms with Crippen molar-refractivity contribution in [2.24, 2.45) is 11.3 Å². The predicted molar refractivity (Wildman–Crippen MR) is 124 cm³/mol. The van der Waals surface area contributed by atoms with E-state index in [9.17, 15) is 4.79 Å². The second-order valence-corrected chi connectivity index (χ2v) is 16.0. The van der Waals surface area contributed by atoms with E-state index in [0.29, 0.717) is 17.6 Å². The van der Waals surface area contributed by atoms with Crippen LogP contribution in [0.5, 0.6) is 0 Å². The summed E-state index contributed by atoms with van der Waals surface area (Å²) in [5, 5.41) is 3.72. The zero-order valence-electron chi connectivity index (χ0n) is 19.4. The molecule has 2 rings (SSSR count). The molecule has 2 heterocycles. The maximum Gasteiger partial charge on any atom is 0.229 e. The Bertz CT molecular complexity index is 726. The number of halogens is 1. The number of nitrogens with one attached hydrogen (secondary N) is 1. The third kappa shape index (κ3) is 6.51. The number of pyridine rings is 1. The fraction of sp³-hybridized carbons (Fsp3) is 0.727. The zero-order chi connectivity index (χ0) is 22.0. The van der Waals surface area contributed by atoms with Gasteiger partial charge in [0.2, 0.25) is 5.91 Å². The molecule has 1 aliphatic rings. The molecule has 1 saturated heterocycles. The third-order valence-corrected chi connectivity index (χ3v) is 11.0. The first-order chi connectivity index (χ1) is 13.2. The van der Waals surface area contributed by atoms with Gasteiger partial charge in [0.1, 0.15) is 5.15 Å². The van der Waals surface area contributed by atoms with Crippen molar-refractivity contribution in [2.45, 2.75) is 72.6 Å². The van der Waals surface area contributed by atoms with E-state index >= 15 is 0 Å². The fourth-order valence-corrected chi connectivity index (χ4v) is 4.31. The van der Waals surface area contributed by atoms with E-state index in [1.165, 1.54) is 0 Å². The molecule has 1 unspecified atom stereocenters. The van der Waals surface area contributed by atoms with E-state index < -0.39 is 13.7 Å². The summed E-state index contributed by atoms with van der Waals surface area (Å²) in [7, 11) is -1.72. The molecule has 0 aromatic carbocycles. The normalized spacial score (nSPS) is 18.9. The third-order valence-electron chi connectivity index (χ3n) is 6.17. The average molecular weight is 440 g/mol. The maximum absolute atomic E-state index is 12.4. The topological polar surface area (TPSA) is 54.5 Å². The van der Waals surface area contributed by atoms with Gasteiger partial charge in [-0.15, -0.1) is 0 Å². The summed E-state index contributed by atoms with van der Waals surface area (Å²) in [5.41, 5.74) is 1.18. The monoisotopic (exact) mass is 439 g/mol. The second kappa shape index (κ2) is 9.04. The lowest BCUT2D eigenvalue weighted by Gasteiger charge is -2.37. The van der Waals surface area contributed by atoms with Crippen molar-refractivity contribution in [3.8, 4) is 0 Å². The Balaban J connectivity index is 2.00. The molecule has 1 aromatic rings. The summed E-state index contributed by atoms with van der Waals surface area (Å²) in [5.74, 6) is 0.510. The minimum atomic E-state index is -1.72. The first kappa shape index (κ1) is 24.3. The number of carbonyl (C=O) groups is 1. The summed E-state index contributed by atoms with van der Waals surface area (Å²) in [6.45, 7) is 20.6. The molecule has 164 valence electrons. The van der Waals surface area contributed by atoms with Crippen molar-refractivity contribution < 1.29 is 9.22 Å². The van der Waals surface area contributed by atoms with Crippen molar-refractivity contribution >= 4 is 31.5 Å². The molecule has 0 bridgehead atoms. The molecule has 7 heteroatoms. The lowest BCUT2D eigenvalue weighted by molar-refractivity contribution is -0.123. The van der Waals surface area contributed by atoms with Crippen LogP contribution in [0.25, 0.3) is 0 Å². The first-order valence-electron chi connectivity index (χ1n) is 10.5. The van der Waals surface area contributed by atoms with Gasteiger partial charge in [0.05, 0.1) is 0 Å². The number of aromatic nitrogens is 1. The van der Waals surface area contributed by atoms with Crippen LogP contribution >= 0.6 is 11.6 Å². The Kier molecular flexibility index (Phi) is 7.58. The summed E-state index contributed by atoms with van der Waals surface area (Å²) in [4.78, 5) is 19.1. The molecule has 1 N–H and O–H groups in total. The molecule has 1 aromatic heterocycles. The molecular formula is C22H38ClN3O2Si. The van der Waals surface area contributed by atoms with Crippen molar-refractivity contribution in [1.82, 2.24) is 9.88 Å². The minimum Gasteiger partial charge on any atom is -0.416 e. The predicted octanol–water partition coefficient (Wildman–Crippen LogP) is 5.56. The van der Waals surface area contributed by atoms with Crippen LogP contribution in [-0.2, 0) is 15.8 Å². The largest absolute Gasteiger partial charge is 0.416 e. The average Bonchev–Trinajstić information content (AvgIpc) is 3.02. The Morgan fingerprint density at radius 3 is 2.55 bits per heavy atom. The van der Waals surface area contributed by atoms with Gasteiger partial charge < -0.3 is 9.74 Å². The Morgan fingerprint density at radius 2 is 1.97 bits per heavy atom. The SMILES string of the molecule is CC(C)(C)C(=O)Nc1ccnc(Cl)c1CN1CCC(CO[Si](C)(C)C(C)(C)C)C1. The number of rotatable bonds is 6. The standard InChI is InChI=1S/C22H38ClN3O2Si/c1-21(2,3)20(27)25-18-9-11-24-19(23)17(18)14-26-12-10-16(13-26)15-28-29(7,8)22(4,5)6/h9,11,16H,10,12-15H2,1-8H3,(H,24,25,27). The van der Waals surface area contributed by atoms with E-state index in [4.69, 9.17) is 16.0 Å². The lowest BCUT2D eigenvalue weighted by atomic mass is 9.95. The zero-order valence-corrected chi connectivity index (χ0v) is 21.1.